The van der Waals surface area contributed by atoms with Crippen LogP contribution in [0, 0.1) is 6.92 Å². The van der Waals surface area contributed by atoms with Gasteiger partial charge in [0.1, 0.15) is 0 Å². The molecule has 138 valence electrons. The molecule has 0 aliphatic carbocycles. The molecule has 0 saturated heterocycles. The fraction of sp³-hybridized carbons (Fsp3) is 0.278. The number of rotatable bonds is 8. The normalized spacial score (nSPS) is 10.1. The Labute approximate surface area is 155 Å². The van der Waals surface area contributed by atoms with Crippen LogP contribution < -0.4 is 14.8 Å². The summed E-state index contributed by atoms with van der Waals surface area (Å²) in [5.41, 5.74) is 1.80. The van der Waals surface area contributed by atoms with Crippen LogP contribution in [-0.4, -0.2) is 37.7 Å². The predicted molar refractivity (Wildman–Crippen MR) is 99.2 cm³/mol. The highest BCUT2D eigenvalue weighted by molar-refractivity contribution is 7.13. The van der Waals surface area contributed by atoms with Crippen molar-refractivity contribution in [1.29, 1.82) is 0 Å². The third kappa shape index (κ3) is 4.82. The molecule has 2 rings (SSSR count). The Morgan fingerprint density at radius 2 is 2.08 bits per heavy atom. The number of ether oxygens (including phenoxy) is 3. The zero-order chi connectivity index (χ0) is 19.1. The maximum atomic E-state index is 12.3. The third-order valence-electron chi connectivity index (χ3n) is 3.36. The summed E-state index contributed by atoms with van der Waals surface area (Å²) >= 11 is 1.30. The highest BCUT2D eigenvalue weighted by Gasteiger charge is 2.17. The molecule has 8 heteroatoms. The molecule has 0 aliphatic rings. The van der Waals surface area contributed by atoms with Crippen LogP contribution in [0.4, 0.5) is 5.13 Å². The fourth-order valence-electron chi connectivity index (χ4n) is 2.25. The van der Waals surface area contributed by atoms with Gasteiger partial charge in [-0.3, -0.25) is 10.1 Å². The van der Waals surface area contributed by atoms with Crippen LogP contribution in [0.2, 0.25) is 0 Å². The van der Waals surface area contributed by atoms with Gasteiger partial charge in [0, 0.05) is 10.9 Å². The average molecular weight is 376 g/mol. The number of aryl methyl sites for hydroxylation is 1. The van der Waals surface area contributed by atoms with E-state index in [0.717, 1.165) is 11.3 Å². The number of allylic oxidation sites excluding steroid dienone is 1. The van der Waals surface area contributed by atoms with Gasteiger partial charge in [0.15, 0.2) is 23.2 Å². The molecular formula is C18H20N2O5S. The first-order valence-electron chi connectivity index (χ1n) is 7.73. The zero-order valence-corrected chi connectivity index (χ0v) is 15.6. The lowest BCUT2D eigenvalue weighted by molar-refractivity contribution is -0.119. The molecule has 1 aromatic carbocycles. The van der Waals surface area contributed by atoms with Gasteiger partial charge >= 0.3 is 5.97 Å². The smallest absolute Gasteiger partial charge is 0.338 e. The first kappa shape index (κ1) is 19.5. The van der Waals surface area contributed by atoms with Crippen LogP contribution in [0.3, 0.4) is 0 Å². The minimum absolute atomic E-state index is 0.261. The highest BCUT2D eigenvalue weighted by atomic mass is 32.1. The van der Waals surface area contributed by atoms with Gasteiger partial charge in [-0.1, -0.05) is 6.08 Å². The number of carbonyl (C=O) groups is 2. The molecule has 1 amide bonds. The van der Waals surface area contributed by atoms with Crippen molar-refractivity contribution < 1.29 is 23.8 Å². The van der Waals surface area contributed by atoms with E-state index in [1.807, 2.05) is 12.3 Å². The van der Waals surface area contributed by atoms with Crippen molar-refractivity contribution in [3.8, 4) is 11.5 Å². The van der Waals surface area contributed by atoms with E-state index in [2.05, 4.69) is 16.9 Å². The summed E-state index contributed by atoms with van der Waals surface area (Å²) in [6.45, 7) is 5.10. The van der Waals surface area contributed by atoms with Gasteiger partial charge in [-0.05, 0) is 25.5 Å². The highest BCUT2D eigenvalue weighted by Crippen LogP contribution is 2.33. The van der Waals surface area contributed by atoms with Gasteiger partial charge in [0.05, 0.1) is 25.5 Å². The van der Waals surface area contributed by atoms with Crippen molar-refractivity contribution in [3.63, 3.8) is 0 Å². The summed E-state index contributed by atoms with van der Waals surface area (Å²) in [6.07, 6.45) is 2.18. The van der Waals surface area contributed by atoms with Crippen molar-refractivity contribution in [2.45, 2.75) is 13.3 Å². The quantitative estimate of drug-likeness (QED) is 0.563. The second-order valence-corrected chi connectivity index (χ2v) is 6.14. The Bertz CT molecular complexity index is 816. The van der Waals surface area contributed by atoms with E-state index in [9.17, 15) is 9.59 Å². The van der Waals surface area contributed by atoms with Crippen molar-refractivity contribution >= 4 is 28.3 Å². The van der Waals surface area contributed by atoms with Gasteiger partial charge in [-0.15, -0.1) is 17.9 Å². The van der Waals surface area contributed by atoms with Crippen molar-refractivity contribution in [2.75, 3.05) is 26.1 Å². The average Bonchev–Trinajstić information content (AvgIpc) is 3.03. The van der Waals surface area contributed by atoms with Crippen molar-refractivity contribution in [3.05, 3.63) is 47.0 Å². The molecule has 7 nitrogen and oxygen atoms in total. The summed E-state index contributed by atoms with van der Waals surface area (Å²) < 4.78 is 15.7. The molecular weight excluding hydrogens is 356 g/mol. The number of anilines is 1. The van der Waals surface area contributed by atoms with Crippen molar-refractivity contribution in [2.24, 2.45) is 0 Å². The molecule has 2 aromatic rings. The summed E-state index contributed by atoms with van der Waals surface area (Å²) in [6, 6.07) is 3.14. The van der Waals surface area contributed by atoms with Gasteiger partial charge in [-0.2, -0.15) is 0 Å². The molecule has 1 heterocycles. The molecule has 0 saturated carbocycles. The number of hydrogen-bond donors (Lipinski definition) is 1. The Hall–Kier alpha value is -2.87. The molecule has 0 aliphatic heterocycles. The molecule has 0 fully saturated rings. The van der Waals surface area contributed by atoms with Crippen LogP contribution >= 0.6 is 11.3 Å². The summed E-state index contributed by atoms with van der Waals surface area (Å²) in [5.74, 6) is -0.163. The third-order valence-corrected chi connectivity index (χ3v) is 4.23. The number of hydrogen-bond acceptors (Lipinski definition) is 7. The minimum atomic E-state index is -0.637. The van der Waals surface area contributed by atoms with Gasteiger partial charge < -0.3 is 14.2 Å². The monoisotopic (exact) mass is 376 g/mol. The molecule has 1 N–H and O–H groups in total. The lowest BCUT2D eigenvalue weighted by Gasteiger charge is -2.14. The first-order valence-corrected chi connectivity index (χ1v) is 8.61. The zero-order valence-electron chi connectivity index (χ0n) is 14.8. The lowest BCUT2D eigenvalue weighted by Crippen LogP contribution is -2.21. The minimum Gasteiger partial charge on any atom is -0.493 e. The van der Waals surface area contributed by atoms with Crippen LogP contribution in [0.25, 0.3) is 0 Å². The molecule has 0 atom stereocenters. The number of amides is 1. The van der Waals surface area contributed by atoms with E-state index in [0.29, 0.717) is 23.1 Å². The van der Waals surface area contributed by atoms with Crippen LogP contribution in [0.1, 0.15) is 21.6 Å². The molecule has 26 heavy (non-hydrogen) atoms. The Balaban J connectivity index is 2.07. The molecule has 1 aromatic heterocycles. The van der Waals surface area contributed by atoms with E-state index < -0.39 is 18.5 Å². The van der Waals surface area contributed by atoms with E-state index in [-0.39, 0.29) is 5.56 Å². The second kappa shape index (κ2) is 9.00. The Morgan fingerprint density at radius 1 is 1.31 bits per heavy atom. The number of nitrogens with one attached hydrogen (secondary N) is 1. The van der Waals surface area contributed by atoms with Crippen LogP contribution in [0.15, 0.2) is 30.2 Å². The van der Waals surface area contributed by atoms with Gasteiger partial charge in [0.2, 0.25) is 0 Å². The number of benzene rings is 1. The molecule has 0 spiro atoms. The summed E-state index contributed by atoms with van der Waals surface area (Å²) in [4.78, 5) is 28.3. The number of nitrogens with zero attached hydrogens (tertiary/aromatic N) is 1. The standard InChI is InChI=1S/C18H20N2O5S/c1-5-6-12-7-13(8-14(23-3)16(12)24-4)17(22)25-9-15(21)20-18-19-11(2)10-26-18/h5,7-8,10H,1,6,9H2,2-4H3,(H,19,20,21). The lowest BCUT2D eigenvalue weighted by atomic mass is 10.1. The van der Waals surface area contributed by atoms with Gasteiger partial charge in [-0.25, -0.2) is 9.78 Å². The predicted octanol–water partition coefficient (Wildman–Crippen LogP) is 2.99. The SMILES string of the molecule is C=CCc1cc(C(=O)OCC(=O)Nc2nc(C)cs2)cc(OC)c1OC. The van der Waals surface area contributed by atoms with Gasteiger partial charge in [0.25, 0.3) is 5.91 Å². The first-order chi connectivity index (χ1) is 12.5. The number of methoxy groups -OCH3 is 2. The summed E-state index contributed by atoms with van der Waals surface area (Å²) in [5, 5.41) is 4.85. The van der Waals surface area contributed by atoms with Crippen molar-refractivity contribution in [1.82, 2.24) is 4.98 Å². The topological polar surface area (TPSA) is 86.8 Å². The number of carbonyl (C=O) groups excluding carboxylic acids is 2. The summed E-state index contributed by atoms with van der Waals surface area (Å²) in [7, 11) is 3.00. The van der Waals surface area contributed by atoms with E-state index in [1.165, 1.54) is 31.6 Å². The maximum Gasteiger partial charge on any atom is 0.338 e. The largest absolute Gasteiger partial charge is 0.493 e. The number of esters is 1. The molecule has 0 bridgehead atoms. The van der Waals surface area contributed by atoms with Crippen LogP contribution in [-0.2, 0) is 16.0 Å². The number of thiazole rings is 1. The number of aromatic nitrogens is 1. The van der Waals surface area contributed by atoms with E-state index in [4.69, 9.17) is 14.2 Å². The Morgan fingerprint density at radius 3 is 2.65 bits per heavy atom. The second-order valence-electron chi connectivity index (χ2n) is 5.28. The van der Waals surface area contributed by atoms with Crippen LogP contribution in [0.5, 0.6) is 11.5 Å². The maximum absolute atomic E-state index is 12.3. The molecule has 0 unspecified atom stereocenters. The Kier molecular flexibility index (Phi) is 6.74. The van der Waals surface area contributed by atoms with E-state index >= 15 is 0 Å². The molecule has 0 radical (unpaired) electrons. The fourth-order valence-corrected chi connectivity index (χ4v) is 2.95. The van der Waals surface area contributed by atoms with E-state index in [1.54, 1.807) is 12.1 Å².